The summed E-state index contributed by atoms with van der Waals surface area (Å²) < 4.78 is 0. The van der Waals surface area contributed by atoms with Crippen LogP contribution in [0.3, 0.4) is 0 Å². The third-order valence-corrected chi connectivity index (χ3v) is 5.47. The summed E-state index contributed by atoms with van der Waals surface area (Å²) in [5, 5.41) is 7.66. The second-order valence-corrected chi connectivity index (χ2v) is 7.52. The molecule has 0 aromatic heterocycles. The van der Waals surface area contributed by atoms with Gasteiger partial charge in [-0.15, -0.1) is 0 Å². The number of hydrogen-bond donors (Lipinski definition) is 2. The Morgan fingerprint density at radius 1 is 1.17 bits per heavy atom. The molecule has 2 fully saturated rings. The summed E-state index contributed by atoms with van der Waals surface area (Å²) in [6.07, 6.45) is 7.82. The van der Waals surface area contributed by atoms with Gasteiger partial charge in [-0.25, -0.2) is 0 Å². The van der Waals surface area contributed by atoms with Crippen molar-refractivity contribution in [3.05, 3.63) is 29.8 Å². The van der Waals surface area contributed by atoms with Crippen LogP contribution in [0, 0.1) is 6.92 Å². The summed E-state index contributed by atoms with van der Waals surface area (Å²) in [7, 11) is 0. The Hall–Kier alpha value is -1.13. The summed E-state index contributed by atoms with van der Waals surface area (Å²) in [5.41, 5.74) is 2.34. The monoisotopic (exact) mass is 331 g/mol. The first-order chi connectivity index (χ1) is 11.2. The van der Waals surface area contributed by atoms with E-state index in [0.29, 0.717) is 6.04 Å². The summed E-state index contributed by atoms with van der Waals surface area (Å²) in [6.45, 7) is 5.65. The second kappa shape index (κ2) is 7.63. The topological polar surface area (TPSA) is 27.3 Å². The third-order valence-electron chi connectivity index (χ3n) is 5.25. The first kappa shape index (κ1) is 16.7. The molecular formula is C19H29N3S. The van der Waals surface area contributed by atoms with E-state index in [0.717, 1.165) is 22.9 Å². The van der Waals surface area contributed by atoms with Gasteiger partial charge in [0.15, 0.2) is 5.11 Å². The fourth-order valence-corrected chi connectivity index (χ4v) is 4.49. The standard InChI is InChI=1S/C19H29N3S/c1-3-11-22-17-5-4-6-18(22)13-16(12-17)21-19(23)20-15-9-7-14(2)8-10-15/h7-10,16-18H,3-6,11-13H2,1-2H3,(H2,20,21,23). The molecule has 0 aliphatic carbocycles. The van der Waals surface area contributed by atoms with E-state index in [1.165, 1.54) is 50.6 Å². The average molecular weight is 332 g/mol. The SMILES string of the molecule is CCCN1C2CCCC1CC(NC(=S)Nc1ccc(C)cc1)C2. The van der Waals surface area contributed by atoms with E-state index in [4.69, 9.17) is 12.2 Å². The maximum Gasteiger partial charge on any atom is 0.170 e. The minimum absolute atomic E-state index is 0.517. The molecule has 2 saturated heterocycles. The number of fused-ring (bicyclic) bond motifs is 2. The number of aryl methyl sites for hydroxylation is 1. The first-order valence-electron chi connectivity index (χ1n) is 9.05. The Balaban J connectivity index is 1.54. The lowest BCUT2D eigenvalue weighted by molar-refractivity contribution is 0.0284. The minimum Gasteiger partial charge on any atom is -0.360 e. The van der Waals surface area contributed by atoms with Crippen molar-refractivity contribution in [3.8, 4) is 0 Å². The van der Waals surface area contributed by atoms with E-state index in [2.05, 4.69) is 53.6 Å². The van der Waals surface area contributed by atoms with Crippen LogP contribution in [0.2, 0.25) is 0 Å². The number of nitrogens with one attached hydrogen (secondary N) is 2. The van der Waals surface area contributed by atoms with Crippen molar-refractivity contribution in [1.29, 1.82) is 0 Å². The lowest BCUT2D eigenvalue weighted by Gasteiger charge is -2.49. The normalized spacial score (nSPS) is 27.5. The van der Waals surface area contributed by atoms with Gasteiger partial charge in [0.05, 0.1) is 0 Å². The summed E-state index contributed by atoms with van der Waals surface area (Å²) >= 11 is 5.53. The van der Waals surface area contributed by atoms with Gasteiger partial charge in [0.25, 0.3) is 0 Å². The molecule has 3 rings (SSSR count). The van der Waals surface area contributed by atoms with Gasteiger partial charge < -0.3 is 10.6 Å². The van der Waals surface area contributed by atoms with E-state index in [1.807, 2.05) is 0 Å². The zero-order chi connectivity index (χ0) is 16.2. The van der Waals surface area contributed by atoms with Crippen LogP contribution in [0.15, 0.2) is 24.3 Å². The van der Waals surface area contributed by atoms with E-state index in [9.17, 15) is 0 Å². The number of nitrogens with zero attached hydrogens (tertiary/aromatic N) is 1. The van der Waals surface area contributed by atoms with E-state index in [-0.39, 0.29) is 0 Å². The maximum absolute atomic E-state index is 5.53. The van der Waals surface area contributed by atoms with Gasteiger partial charge in [-0.1, -0.05) is 31.0 Å². The quantitative estimate of drug-likeness (QED) is 0.813. The molecule has 2 aliphatic rings. The van der Waals surface area contributed by atoms with E-state index >= 15 is 0 Å². The molecule has 2 heterocycles. The van der Waals surface area contributed by atoms with Gasteiger partial charge in [-0.05, 0) is 69.9 Å². The lowest BCUT2D eigenvalue weighted by Crippen LogP contribution is -2.57. The zero-order valence-corrected chi connectivity index (χ0v) is 15.2. The van der Waals surface area contributed by atoms with Crippen molar-refractivity contribution in [2.45, 2.75) is 70.5 Å². The molecule has 2 unspecified atom stereocenters. The summed E-state index contributed by atoms with van der Waals surface area (Å²) in [5.74, 6) is 0. The molecule has 0 spiro atoms. The highest BCUT2D eigenvalue weighted by atomic mass is 32.1. The van der Waals surface area contributed by atoms with E-state index < -0.39 is 0 Å². The van der Waals surface area contributed by atoms with Crippen molar-refractivity contribution in [2.75, 3.05) is 11.9 Å². The predicted octanol–water partition coefficient (Wildman–Crippen LogP) is 4.08. The molecule has 0 saturated carbocycles. The van der Waals surface area contributed by atoms with Crippen LogP contribution in [0.1, 0.15) is 51.0 Å². The van der Waals surface area contributed by atoms with E-state index in [1.54, 1.807) is 0 Å². The van der Waals surface area contributed by atoms with Crippen molar-refractivity contribution in [1.82, 2.24) is 10.2 Å². The van der Waals surface area contributed by atoms with Gasteiger partial charge in [-0.2, -0.15) is 0 Å². The van der Waals surface area contributed by atoms with Crippen LogP contribution >= 0.6 is 12.2 Å². The zero-order valence-electron chi connectivity index (χ0n) is 14.3. The largest absolute Gasteiger partial charge is 0.360 e. The highest BCUT2D eigenvalue weighted by Crippen LogP contribution is 2.34. The number of piperidine rings is 2. The van der Waals surface area contributed by atoms with Crippen LogP contribution in [0.4, 0.5) is 5.69 Å². The molecule has 23 heavy (non-hydrogen) atoms. The molecule has 126 valence electrons. The Kier molecular flexibility index (Phi) is 5.54. The molecule has 2 N–H and O–H groups in total. The van der Waals surface area contributed by atoms with Gasteiger partial charge in [0, 0.05) is 23.8 Å². The molecule has 3 nitrogen and oxygen atoms in total. The second-order valence-electron chi connectivity index (χ2n) is 7.11. The van der Waals surface area contributed by atoms with Crippen LogP contribution in [-0.4, -0.2) is 34.7 Å². The van der Waals surface area contributed by atoms with Crippen molar-refractivity contribution >= 4 is 23.0 Å². The number of anilines is 1. The molecule has 1 aromatic carbocycles. The molecule has 4 heteroatoms. The van der Waals surface area contributed by atoms with Crippen LogP contribution < -0.4 is 10.6 Å². The van der Waals surface area contributed by atoms with Crippen LogP contribution in [0.5, 0.6) is 0 Å². The maximum atomic E-state index is 5.53. The smallest absolute Gasteiger partial charge is 0.170 e. The highest BCUT2D eigenvalue weighted by molar-refractivity contribution is 7.80. The van der Waals surface area contributed by atoms with Gasteiger partial charge in [0.1, 0.15) is 0 Å². The minimum atomic E-state index is 0.517. The number of rotatable bonds is 4. The molecule has 0 amide bonds. The lowest BCUT2D eigenvalue weighted by atomic mass is 9.81. The molecule has 2 atom stereocenters. The van der Waals surface area contributed by atoms with Gasteiger partial charge in [0.2, 0.25) is 0 Å². The molecule has 2 bridgehead atoms. The predicted molar refractivity (Wildman–Crippen MR) is 102 cm³/mol. The third kappa shape index (κ3) is 4.24. The van der Waals surface area contributed by atoms with Crippen molar-refractivity contribution in [3.63, 3.8) is 0 Å². The fourth-order valence-electron chi connectivity index (χ4n) is 4.21. The van der Waals surface area contributed by atoms with Gasteiger partial charge >= 0.3 is 0 Å². The van der Waals surface area contributed by atoms with Gasteiger partial charge in [-0.3, -0.25) is 4.90 Å². The van der Waals surface area contributed by atoms with Crippen molar-refractivity contribution in [2.24, 2.45) is 0 Å². The number of benzene rings is 1. The van der Waals surface area contributed by atoms with Crippen molar-refractivity contribution < 1.29 is 0 Å². The Bertz CT molecular complexity index is 514. The Morgan fingerprint density at radius 2 is 1.83 bits per heavy atom. The number of hydrogen-bond acceptors (Lipinski definition) is 2. The van der Waals surface area contributed by atoms with Crippen LogP contribution in [0.25, 0.3) is 0 Å². The Morgan fingerprint density at radius 3 is 2.43 bits per heavy atom. The fraction of sp³-hybridized carbons (Fsp3) is 0.632. The molecular weight excluding hydrogens is 302 g/mol. The number of thiocarbonyl (C=S) groups is 1. The average Bonchev–Trinajstić information content (AvgIpc) is 2.50. The van der Waals surface area contributed by atoms with Crippen LogP contribution in [-0.2, 0) is 0 Å². The molecule has 0 radical (unpaired) electrons. The Labute approximate surface area is 145 Å². The summed E-state index contributed by atoms with van der Waals surface area (Å²) in [4.78, 5) is 2.76. The molecule has 1 aromatic rings. The summed E-state index contributed by atoms with van der Waals surface area (Å²) in [6, 6.07) is 10.4. The first-order valence-corrected chi connectivity index (χ1v) is 9.46. The molecule has 2 aliphatic heterocycles. The highest BCUT2D eigenvalue weighted by Gasteiger charge is 2.37.